The Morgan fingerprint density at radius 2 is 0.632 bits per heavy atom. The van der Waals surface area contributed by atoms with Gasteiger partial charge in [-0.05, 0) is 0 Å². The average Bonchev–Trinajstić information content (AvgIpc) is 3.14. The summed E-state index contributed by atoms with van der Waals surface area (Å²) in [6.07, 6.45) is 0. The molecular formula is C54H53NOSe. The zero-order valence-corrected chi connectivity index (χ0v) is 37.0. The molecule has 0 spiro atoms. The van der Waals surface area contributed by atoms with Crippen LogP contribution in [0.4, 0.5) is 0 Å². The summed E-state index contributed by atoms with van der Waals surface area (Å²) in [7, 11) is 0. The Hall–Kier alpha value is -5.34. The van der Waals surface area contributed by atoms with Crippen LogP contribution in [0.25, 0.3) is 66.8 Å². The van der Waals surface area contributed by atoms with Gasteiger partial charge in [0.15, 0.2) is 0 Å². The van der Waals surface area contributed by atoms with Crippen molar-refractivity contribution < 1.29 is 0 Å². The van der Waals surface area contributed by atoms with Gasteiger partial charge >= 0.3 is 348 Å². The fourth-order valence-electron chi connectivity index (χ4n) is 8.85. The molecule has 0 aromatic heterocycles. The van der Waals surface area contributed by atoms with E-state index in [1.807, 2.05) is 0 Å². The van der Waals surface area contributed by atoms with Crippen molar-refractivity contribution in [2.45, 2.75) is 81.6 Å². The predicted molar refractivity (Wildman–Crippen MR) is 247 cm³/mol. The van der Waals surface area contributed by atoms with Gasteiger partial charge in [0, 0.05) is 0 Å². The second-order valence-corrected chi connectivity index (χ2v) is 18.5. The standard InChI is InChI=1S/C54H53NOSe/c1-32-16-12-17-33(2)49(32)42-24-40(25-43(28-42)50-34(3)18-13-19-35(50)4)47-30-46(54(9,10)11)31-48(53(47)57-55-56)41-26-44(51-36(5)20-14-21-37(51)6)29-45(27-41)52-38(7)22-15-23-39(52)8/h12-31H,1-11H3. The monoisotopic (exact) mass is 811 g/mol. The Bertz CT molecular complexity index is 2300. The van der Waals surface area contributed by atoms with Crippen LogP contribution in [0.2, 0.25) is 0 Å². The Kier molecular flexibility index (Phi) is 11.1. The van der Waals surface area contributed by atoms with Crippen molar-refractivity contribution >= 4 is 19.6 Å². The van der Waals surface area contributed by atoms with E-state index in [1.165, 1.54) is 94.6 Å². The van der Waals surface area contributed by atoms with E-state index >= 15 is 0 Å². The van der Waals surface area contributed by atoms with E-state index in [0.29, 0.717) is 0 Å². The topological polar surface area (TPSA) is 29.4 Å². The van der Waals surface area contributed by atoms with E-state index in [2.05, 4.69) is 202 Å². The average molecular weight is 811 g/mol. The van der Waals surface area contributed by atoms with Crippen LogP contribution < -0.4 is 4.46 Å². The van der Waals surface area contributed by atoms with Crippen molar-refractivity contribution in [3.63, 3.8) is 0 Å². The first kappa shape index (κ1) is 39.9. The number of benzene rings is 7. The van der Waals surface area contributed by atoms with Crippen molar-refractivity contribution in [1.29, 1.82) is 0 Å². The molecule has 7 aromatic carbocycles. The molecule has 0 saturated carbocycles. The molecule has 0 atom stereocenters. The van der Waals surface area contributed by atoms with Gasteiger partial charge in [-0.25, -0.2) is 0 Å². The van der Waals surface area contributed by atoms with Crippen molar-refractivity contribution in [3.05, 3.63) is 176 Å². The molecular weight excluding hydrogens is 758 g/mol. The summed E-state index contributed by atoms with van der Waals surface area (Å²) < 4.78 is 4.72. The molecule has 7 rings (SSSR count). The fraction of sp³-hybridized carbons (Fsp3) is 0.222. The molecule has 0 fully saturated rings. The van der Waals surface area contributed by atoms with Gasteiger partial charge in [-0.3, -0.25) is 0 Å². The number of rotatable bonds is 8. The molecule has 0 aliphatic carbocycles. The number of aryl methyl sites for hydroxylation is 8. The normalized spacial score (nSPS) is 11.6. The third kappa shape index (κ3) is 7.84. The summed E-state index contributed by atoms with van der Waals surface area (Å²) in [5, 5.41) is 0. The van der Waals surface area contributed by atoms with Gasteiger partial charge in [0.25, 0.3) is 0 Å². The number of nitroso groups, excluding NO2 is 1. The second kappa shape index (κ2) is 15.9. The van der Waals surface area contributed by atoms with Crippen molar-refractivity contribution in [2.75, 3.05) is 0 Å². The molecule has 57 heavy (non-hydrogen) atoms. The third-order valence-corrected chi connectivity index (χ3v) is 13.1. The summed E-state index contributed by atoms with van der Waals surface area (Å²) in [6, 6.07) is 44.9. The summed E-state index contributed by atoms with van der Waals surface area (Å²) in [4.78, 5) is 12.7. The molecule has 7 aromatic rings. The minimum atomic E-state index is -0.693. The molecule has 0 aliphatic rings. The Morgan fingerprint density at radius 3 is 0.860 bits per heavy atom. The van der Waals surface area contributed by atoms with Gasteiger partial charge in [0.2, 0.25) is 0 Å². The molecule has 0 saturated heterocycles. The van der Waals surface area contributed by atoms with Crippen molar-refractivity contribution in [2.24, 2.45) is 4.19 Å². The molecule has 3 heteroatoms. The fourth-order valence-corrected chi connectivity index (χ4v) is 10.2. The third-order valence-electron chi connectivity index (χ3n) is 11.7. The first-order valence-electron chi connectivity index (χ1n) is 19.9. The van der Waals surface area contributed by atoms with Gasteiger partial charge in [0.1, 0.15) is 0 Å². The van der Waals surface area contributed by atoms with E-state index in [1.54, 1.807) is 0 Å². The van der Waals surface area contributed by atoms with Gasteiger partial charge in [-0.15, -0.1) is 0 Å². The van der Waals surface area contributed by atoms with E-state index in [-0.39, 0.29) is 5.41 Å². The summed E-state index contributed by atoms with van der Waals surface area (Å²) in [6.45, 7) is 24.5. The SMILES string of the molecule is Cc1cccc(C)c1-c1cc(-c2cc(C(C)(C)C)cc(-c3cc(-c4c(C)cccc4C)cc(-c4c(C)cccc4C)c3)c2[Se]N=O)cc(-c2c(C)cccc2C)c1. The Morgan fingerprint density at radius 1 is 0.386 bits per heavy atom. The van der Waals surface area contributed by atoms with Gasteiger partial charge in [0.05, 0.1) is 0 Å². The first-order chi connectivity index (χ1) is 27.2. The molecule has 0 aliphatic heterocycles. The van der Waals surface area contributed by atoms with Crippen LogP contribution in [0.15, 0.2) is 126 Å². The number of hydrogen-bond donors (Lipinski definition) is 0. The molecule has 0 radical (unpaired) electrons. The second-order valence-electron chi connectivity index (χ2n) is 17.0. The van der Waals surface area contributed by atoms with Crippen LogP contribution in [0.1, 0.15) is 70.8 Å². The zero-order chi connectivity index (χ0) is 40.8. The van der Waals surface area contributed by atoms with Crippen LogP contribution in [0.5, 0.6) is 0 Å². The summed E-state index contributed by atoms with van der Waals surface area (Å²) in [5.74, 6) is 0. The summed E-state index contributed by atoms with van der Waals surface area (Å²) in [5.41, 5.74) is 25.0. The van der Waals surface area contributed by atoms with Crippen LogP contribution in [0, 0.1) is 60.3 Å². The van der Waals surface area contributed by atoms with Crippen molar-refractivity contribution in [1.82, 2.24) is 0 Å². The summed E-state index contributed by atoms with van der Waals surface area (Å²) >= 11 is -0.693. The number of nitrogens with zero attached hydrogens (tertiary/aromatic N) is 1. The first-order valence-corrected chi connectivity index (χ1v) is 21.5. The van der Waals surface area contributed by atoms with Gasteiger partial charge < -0.3 is 0 Å². The van der Waals surface area contributed by atoms with Gasteiger partial charge in [-0.1, -0.05) is 0 Å². The molecule has 0 heterocycles. The van der Waals surface area contributed by atoms with E-state index in [9.17, 15) is 4.91 Å². The Balaban J connectivity index is 1.61. The quantitative estimate of drug-likeness (QED) is 0.111. The molecule has 0 unspecified atom stereocenters. The molecule has 2 nitrogen and oxygen atoms in total. The van der Waals surface area contributed by atoms with E-state index in [4.69, 9.17) is 0 Å². The minimum absolute atomic E-state index is 0.164. The predicted octanol–water partition coefficient (Wildman–Crippen LogP) is 14.5. The van der Waals surface area contributed by atoms with E-state index in [0.717, 1.165) is 26.7 Å². The van der Waals surface area contributed by atoms with Crippen LogP contribution in [-0.4, -0.2) is 15.2 Å². The molecule has 0 N–H and O–H groups in total. The van der Waals surface area contributed by atoms with Crippen molar-refractivity contribution in [3.8, 4) is 66.8 Å². The maximum atomic E-state index is 12.7. The van der Waals surface area contributed by atoms with Crippen LogP contribution in [0.3, 0.4) is 0 Å². The molecule has 286 valence electrons. The number of hydrogen-bond acceptors (Lipinski definition) is 2. The van der Waals surface area contributed by atoms with Crippen LogP contribution >= 0.6 is 0 Å². The zero-order valence-electron chi connectivity index (χ0n) is 35.3. The maximum absolute atomic E-state index is 12.7. The van der Waals surface area contributed by atoms with Crippen LogP contribution in [-0.2, 0) is 5.41 Å². The van der Waals surface area contributed by atoms with E-state index < -0.39 is 15.2 Å². The van der Waals surface area contributed by atoms with Gasteiger partial charge in [-0.2, -0.15) is 0 Å². The Labute approximate surface area is 346 Å². The molecule has 0 bridgehead atoms. The molecule has 0 amide bonds.